The van der Waals surface area contributed by atoms with Crippen LogP contribution < -0.4 is 5.32 Å². The SMILES string of the molecule is CCC12CNC(CO1)C2. The van der Waals surface area contributed by atoms with Crippen molar-refractivity contribution in [3.05, 3.63) is 0 Å². The van der Waals surface area contributed by atoms with Gasteiger partial charge >= 0.3 is 0 Å². The number of hydrogen-bond acceptors (Lipinski definition) is 2. The van der Waals surface area contributed by atoms with Gasteiger partial charge in [-0.05, 0) is 12.8 Å². The highest BCUT2D eigenvalue weighted by Gasteiger charge is 2.44. The number of rotatable bonds is 1. The summed E-state index contributed by atoms with van der Waals surface area (Å²) in [5.41, 5.74) is 0.241. The van der Waals surface area contributed by atoms with Crippen molar-refractivity contribution >= 4 is 0 Å². The fourth-order valence-corrected chi connectivity index (χ4v) is 1.80. The van der Waals surface area contributed by atoms with E-state index in [0.29, 0.717) is 6.04 Å². The highest BCUT2D eigenvalue weighted by Crippen LogP contribution is 2.33. The predicted octanol–water partition coefficient (Wildman–Crippen LogP) is 0.527. The van der Waals surface area contributed by atoms with Gasteiger partial charge in [0.2, 0.25) is 0 Å². The van der Waals surface area contributed by atoms with Gasteiger partial charge in [-0.1, -0.05) is 6.92 Å². The van der Waals surface area contributed by atoms with Crippen molar-refractivity contribution in [1.29, 1.82) is 0 Å². The van der Waals surface area contributed by atoms with Gasteiger partial charge in [0.05, 0.1) is 12.2 Å². The quantitative estimate of drug-likeness (QED) is 0.554. The van der Waals surface area contributed by atoms with Gasteiger partial charge in [0.25, 0.3) is 0 Å². The molecule has 0 radical (unpaired) electrons. The predicted molar refractivity (Wildman–Crippen MR) is 35.4 cm³/mol. The third kappa shape index (κ3) is 0.700. The summed E-state index contributed by atoms with van der Waals surface area (Å²) in [5.74, 6) is 0. The maximum absolute atomic E-state index is 5.63. The summed E-state index contributed by atoms with van der Waals surface area (Å²) >= 11 is 0. The van der Waals surface area contributed by atoms with Gasteiger partial charge in [0.15, 0.2) is 0 Å². The second-order valence-corrected chi connectivity index (χ2v) is 3.13. The molecule has 0 aromatic heterocycles. The maximum Gasteiger partial charge on any atom is 0.0820 e. The summed E-state index contributed by atoms with van der Waals surface area (Å²) in [4.78, 5) is 0. The van der Waals surface area contributed by atoms with Crippen LogP contribution in [0.3, 0.4) is 0 Å². The van der Waals surface area contributed by atoms with Gasteiger partial charge in [-0.2, -0.15) is 0 Å². The molecule has 2 saturated heterocycles. The van der Waals surface area contributed by atoms with Crippen LogP contribution in [0.4, 0.5) is 0 Å². The first-order valence-corrected chi connectivity index (χ1v) is 3.72. The molecule has 1 N–H and O–H groups in total. The van der Waals surface area contributed by atoms with E-state index < -0.39 is 0 Å². The van der Waals surface area contributed by atoms with Crippen LogP contribution in [-0.4, -0.2) is 24.8 Å². The minimum Gasteiger partial charge on any atom is -0.372 e. The lowest BCUT2D eigenvalue weighted by Crippen LogP contribution is -2.38. The Morgan fingerprint density at radius 1 is 1.78 bits per heavy atom. The van der Waals surface area contributed by atoms with Crippen molar-refractivity contribution in [2.45, 2.75) is 31.4 Å². The van der Waals surface area contributed by atoms with E-state index in [9.17, 15) is 0 Å². The number of fused-ring (bicyclic) bond motifs is 2. The van der Waals surface area contributed by atoms with Crippen molar-refractivity contribution in [2.75, 3.05) is 13.2 Å². The van der Waals surface area contributed by atoms with Crippen LogP contribution in [0.15, 0.2) is 0 Å². The monoisotopic (exact) mass is 127 g/mol. The van der Waals surface area contributed by atoms with Crippen LogP contribution in [0.2, 0.25) is 0 Å². The summed E-state index contributed by atoms with van der Waals surface area (Å²) in [7, 11) is 0. The molecule has 2 rings (SSSR count). The Kier molecular flexibility index (Phi) is 1.08. The van der Waals surface area contributed by atoms with E-state index in [1.807, 2.05) is 0 Å². The van der Waals surface area contributed by atoms with Gasteiger partial charge in [0, 0.05) is 12.6 Å². The third-order valence-electron chi connectivity index (χ3n) is 2.57. The Morgan fingerprint density at radius 3 is 2.89 bits per heavy atom. The minimum absolute atomic E-state index is 0.241. The fraction of sp³-hybridized carbons (Fsp3) is 1.00. The summed E-state index contributed by atoms with van der Waals surface area (Å²) in [6.07, 6.45) is 2.40. The van der Waals surface area contributed by atoms with Gasteiger partial charge in [-0.25, -0.2) is 0 Å². The number of ether oxygens (including phenoxy) is 1. The van der Waals surface area contributed by atoms with E-state index in [1.54, 1.807) is 0 Å². The van der Waals surface area contributed by atoms with E-state index in [4.69, 9.17) is 4.74 Å². The van der Waals surface area contributed by atoms with Gasteiger partial charge in [-0.15, -0.1) is 0 Å². The molecule has 0 aromatic rings. The molecule has 2 atom stereocenters. The Hall–Kier alpha value is -0.0800. The molecule has 0 saturated carbocycles. The molecule has 0 aromatic carbocycles. The van der Waals surface area contributed by atoms with Crippen molar-refractivity contribution in [2.24, 2.45) is 0 Å². The smallest absolute Gasteiger partial charge is 0.0820 e. The van der Waals surface area contributed by atoms with Crippen LogP contribution in [0.5, 0.6) is 0 Å². The first-order chi connectivity index (χ1) is 4.35. The Bertz CT molecular complexity index is 116. The molecule has 0 amide bonds. The second-order valence-electron chi connectivity index (χ2n) is 3.13. The summed E-state index contributed by atoms with van der Waals surface area (Å²) in [6, 6.07) is 0.671. The van der Waals surface area contributed by atoms with Gasteiger partial charge in [0.1, 0.15) is 0 Å². The zero-order valence-electron chi connectivity index (χ0n) is 5.81. The molecule has 2 aliphatic heterocycles. The average Bonchev–Trinajstić information content (AvgIpc) is 2.46. The van der Waals surface area contributed by atoms with E-state index in [-0.39, 0.29) is 5.60 Å². The summed E-state index contributed by atoms with van der Waals surface area (Å²) < 4.78 is 5.63. The molecular formula is C7H13NO. The van der Waals surface area contributed by atoms with Crippen LogP contribution in [-0.2, 0) is 4.74 Å². The normalized spacial score (nSPS) is 48.3. The van der Waals surface area contributed by atoms with Crippen molar-refractivity contribution in [3.63, 3.8) is 0 Å². The highest BCUT2D eigenvalue weighted by molar-refractivity contribution is 4.99. The molecule has 2 unspecified atom stereocenters. The summed E-state index contributed by atoms with van der Waals surface area (Å²) in [5, 5.41) is 3.42. The Morgan fingerprint density at radius 2 is 2.67 bits per heavy atom. The Labute approximate surface area is 55.6 Å². The number of morpholine rings is 1. The van der Waals surface area contributed by atoms with Crippen LogP contribution in [0, 0.1) is 0 Å². The van der Waals surface area contributed by atoms with Crippen molar-refractivity contribution in [3.8, 4) is 0 Å². The van der Waals surface area contributed by atoms with Crippen LogP contribution in [0.1, 0.15) is 19.8 Å². The first-order valence-electron chi connectivity index (χ1n) is 3.72. The lowest BCUT2D eigenvalue weighted by molar-refractivity contribution is -0.00825. The molecule has 2 aliphatic rings. The molecular weight excluding hydrogens is 114 g/mol. The second kappa shape index (κ2) is 1.70. The molecule has 0 spiro atoms. The minimum atomic E-state index is 0.241. The molecule has 52 valence electrons. The van der Waals surface area contributed by atoms with E-state index >= 15 is 0 Å². The number of nitrogens with one attached hydrogen (secondary N) is 1. The lowest BCUT2D eigenvalue weighted by Gasteiger charge is -2.24. The van der Waals surface area contributed by atoms with E-state index in [0.717, 1.165) is 19.6 Å². The molecule has 2 heteroatoms. The zero-order chi connectivity index (χ0) is 6.32. The Balaban J connectivity index is 2.13. The molecule has 2 heterocycles. The first kappa shape index (κ1) is 5.69. The maximum atomic E-state index is 5.63. The molecule has 9 heavy (non-hydrogen) atoms. The molecule has 0 aliphatic carbocycles. The van der Waals surface area contributed by atoms with Crippen molar-refractivity contribution < 1.29 is 4.74 Å². The molecule has 2 bridgehead atoms. The van der Waals surface area contributed by atoms with Crippen LogP contribution in [0.25, 0.3) is 0 Å². The van der Waals surface area contributed by atoms with E-state index in [2.05, 4.69) is 12.2 Å². The lowest BCUT2D eigenvalue weighted by atomic mass is 10.0. The highest BCUT2D eigenvalue weighted by atomic mass is 16.5. The van der Waals surface area contributed by atoms with E-state index in [1.165, 1.54) is 6.42 Å². The average molecular weight is 127 g/mol. The molecule has 2 fully saturated rings. The van der Waals surface area contributed by atoms with Gasteiger partial charge < -0.3 is 10.1 Å². The largest absolute Gasteiger partial charge is 0.372 e. The summed E-state index contributed by atoms with van der Waals surface area (Å²) in [6.45, 7) is 4.22. The number of hydrogen-bond donors (Lipinski definition) is 1. The standard InChI is InChI=1S/C7H13NO/c1-2-7-3-6(4-9-7)8-5-7/h6,8H,2-5H2,1H3. The third-order valence-corrected chi connectivity index (χ3v) is 2.57. The molecule has 2 nitrogen and oxygen atoms in total. The fourth-order valence-electron chi connectivity index (χ4n) is 1.80. The topological polar surface area (TPSA) is 21.3 Å². The van der Waals surface area contributed by atoms with Crippen LogP contribution >= 0.6 is 0 Å². The van der Waals surface area contributed by atoms with Gasteiger partial charge in [-0.3, -0.25) is 0 Å². The zero-order valence-corrected chi connectivity index (χ0v) is 5.81. The van der Waals surface area contributed by atoms with Crippen molar-refractivity contribution in [1.82, 2.24) is 5.32 Å².